The topological polar surface area (TPSA) is 90.5 Å². The lowest BCUT2D eigenvalue weighted by Gasteiger charge is -2.07. The van der Waals surface area contributed by atoms with Crippen molar-refractivity contribution in [1.82, 2.24) is 35.1 Å². The fourth-order valence-electron chi connectivity index (χ4n) is 1.59. The molecule has 2 aromatic heterocycles. The lowest BCUT2D eigenvalue weighted by atomic mass is 10.4. The molecule has 0 saturated carbocycles. The summed E-state index contributed by atoms with van der Waals surface area (Å²) in [6, 6.07) is 0. The predicted octanol–water partition coefficient (Wildman–Crippen LogP) is -0.404. The number of hydrogen-bond acceptors (Lipinski definition) is 5. The Hall–Kier alpha value is -2.25. The van der Waals surface area contributed by atoms with E-state index in [2.05, 4.69) is 32.7 Å². The van der Waals surface area contributed by atoms with Crippen LogP contribution < -0.4 is 5.32 Å². The molecule has 0 spiro atoms. The minimum absolute atomic E-state index is 0.113. The molecular weight excluding hydrogens is 234 g/mol. The van der Waals surface area contributed by atoms with Gasteiger partial charge in [0.2, 0.25) is 5.91 Å². The van der Waals surface area contributed by atoms with E-state index >= 15 is 0 Å². The van der Waals surface area contributed by atoms with Crippen LogP contribution in [0.15, 0.2) is 18.7 Å². The Labute approximate surface area is 104 Å². The van der Waals surface area contributed by atoms with Crippen molar-refractivity contribution in [3.05, 3.63) is 24.5 Å². The summed E-state index contributed by atoms with van der Waals surface area (Å²) in [7, 11) is 0. The average Bonchev–Trinajstić information content (AvgIpc) is 2.99. The number of nitrogens with one attached hydrogen (secondary N) is 1. The average molecular weight is 249 g/mol. The van der Waals surface area contributed by atoms with E-state index < -0.39 is 0 Å². The van der Waals surface area contributed by atoms with E-state index in [-0.39, 0.29) is 12.5 Å². The van der Waals surface area contributed by atoms with Crippen LogP contribution in [0.3, 0.4) is 0 Å². The number of nitrogens with zero attached hydrogens (tertiary/aromatic N) is 6. The summed E-state index contributed by atoms with van der Waals surface area (Å²) in [4.78, 5) is 15.8. The van der Waals surface area contributed by atoms with Crippen LogP contribution in [0, 0.1) is 0 Å². The molecule has 8 nitrogen and oxygen atoms in total. The lowest BCUT2D eigenvalue weighted by molar-refractivity contribution is -0.122. The smallest absolute Gasteiger partial charge is 0.242 e. The normalized spacial score (nSPS) is 10.5. The van der Waals surface area contributed by atoms with Gasteiger partial charge in [0.25, 0.3) is 0 Å². The Morgan fingerprint density at radius 2 is 2.39 bits per heavy atom. The monoisotopic (exact) mass is 249 g/mol. The van der Waals surface area contributed by atoms with Crippen LogP contribution in [-0.2, 0) is 24.4 Å². The van der Waals surface area contributed by atoms with Crippen molar-refractivity contribution >= 4 is 5.91 Å². The Balaban J connectivity index is 1.83. The quantitative estimate of drug-likeness (QED) is 0.752. The summed E-state index contributed by atoms with van der Waals surface area (Å²) in [5.41, 5.74) is 0. The molecule has 8 heteroatoms. The fourth-order valence-corrected chi connectivity index (χ4v) is 1.59. The number of amides is 1. The Morgan fingerprint density at radius 3 is 3.11 bits per heavy atom. The van der Waals surface area contributed by atoms with Crippen LogP contribution in [-0.4, -0.2) is 35.7 Å². The van der Waals surface area contributed by atoms with Gasteiger partial charge in [-0.05, 0) is 16.8 Å². The van der Waals surface area contributed by atoms with Crippen molar-refractivity contribution in [2.45, 2.75) is 33.0 Å². The summed E-state index contributed by atoms with van der Waals surface area (Å²) < 4.78 is 3.39. The van der Waals surface area contributed by atoms with Crippen LogP contribution in [0.4, 0.5) is 0 Å². The van der Waals surface area contributed by atoms with E-state index in [0.29, 0.717) is 6.54 Å². The number of carbonyl (C=O) groups is 1. The maximum atomic E-state index is 11.6. The molecule has 2 rings (SSSR count). The molecule has 1 N–H and O–H groups in total. The molecule has 0 aliphatic carbocycles. The lowest BCUT2D eigenvalue weighted by Crippen LogP contribution is -2.28. The number of imidazole rings is 1. The van der Waals surface area contributed by atoms with E-state index in [4.69, 9.17) is 0 Å². The van der Waals surface area contributed by atoms with Gasteiger partial charge >= 0.3 is 0 Å². The van der Waals surface area contributed by atoms with Gasteiger partial charge < -0.3 is 9.88 Å². The predicted molar refractivity (Wildman–Crippen MR) is 62.2 cm³/mol. The first-order valence-electron chi connectivity index (χ1n) is 5.77. The molecule has 18 heavy (non-hydrogen) atoms. The summed E-state index contributed by atoms with van der Waals surface area (Å²) >= 11 is 0. The first-order valence-corrected chi connectivity index (χ1v) is 5.77. The summed E-state index contributed by atoms with van der Waals surface area (Å²) in [6.07, 6.45) is 6.07. The molecule has 2 aromatic rings. The number of carbonyl (C=O) groups excluding carboxylic acids is 1. The molecule has 0 fully saturated rings. The van der Waals surface area contributed by atoms with Gasteiger partial charge in [-0.1, -0.05) is 6.92 Å². The van der Waals surface area contributed by atoms with Crippen molar-refractivity contribution in [3.8, 4) is 0 Å². The molecule has 0 bridgehead atoms. The van der Waals surface area contributed by atoms with Gasteiger partial charge in [0, 0.05) is 18.9 Å². The second kappa shape index (κ2) is 5.89. The van der Waals surface area contributed by atoms with Crippen molar-refractivity contribution in [3.63, 3.8) is 0 Å². The zero-order chi connectivity index (χ0) is 12.8. The maximum Gasteiger partial charge on any atom is 0.242 e. The molecule has 0 aliphatic rings. The minimum Gasteiger partial charge on any atom is -0.347 e. The third-order valence-corrected chi connectivity index (χ3v) is 2.41. The van der Waals surface area contributed by atoms with Crippen molar-refractivity contribution in [2.75, 3.05) is 0 Å². The van der Waals surface area contributed by atoms with E-state index in [9.17, 15) is 4.79 Å². The molecule has 0 aliphatic heterocycles. The van der Waals surface area contributed by atoms with Gasteiger partial charge in [-0.15, -0.1) is 5.10 Å². The van der Waals surface area contributed by atoms with Gasteiger partial charge in [-0.3, -0.25) is 4.79 Å². The highest BCUT2D eigenvalue weighted by molar-refractivity contribution is 5.75. The van der Waals surface area contributed by atoms with E-state index in [0.717, 1.165) is 18.8 Å². The molecule has 0 radical (unpaired) electrons. The molecule has 0 aromatic carbocycles. The van der Waals surface area contributed by atoms with Gasteiger partial charge in [-0.25, -0.2) is 9.67 Å². The van der Waals surface area contributed by atoms with Gasteiger partial charge in [0.05, 0.1) is 6.54 Å². The van der Waals surface area contributed by atoms with Crippen molar-refractivity contribution in [1.29, 1.82) is 0 Å². The highest BCUT2D eigenvalue weighted by atomic mass is 16.2. The minimum atomic E-state index is -0.145. The summed E-state index contributed by atoms with van der Waals surface area (Å²) in [6.45, 7) is 3.52. The standard InChI is InChI=1S/C10H15N7O/c1-2-4-16-5-3-11-9(16)6-12-10(18)7-17-8-13-14-15-17/h3,5,8H,2,4,6-7H2,1H3,(H,12,18). The van der Waals surface area contributed by atoms with Gasteiger partial charge in [0.15, 0.2) is 0 Å². The van der Waals surface area contributed by atoms with Crippen molar-refractivity contribution < 1.29 is 4.79 Å². The Kier molecular flexibility index (Phi) is 4.00. The highest BCUT2D eigenvalue weighted by Gasteiger charge is 2.06. The second-order valence-electron chi connectivity index (χ2n) is 3.82. The SMILES string of the molecule is CCCn1ccnc1CNC(=O)Cn1cnnn1. The Bertz CT molecular complexity index is 490. The summed E-state index contributed by atoms with van der Waals surface area (Å²) in [5.74, 6) is 0.704. The molecule has 96 valence electrons. The molecule has 1 amide bonds. The third kappa shape index (κ3) is 3.12. The van der Waals surface area contributed by atoms with E-state index in [1.54, 1.807) is 6.20 Å². The summed E-state index contributed by atoms with van der Waals surface area (Å²) in [5, 5.41) is 13.3. The van der Waals surface area contributed by atoms with Crippen LogP contribution >= 0.6 is 0 Å². The number of rotatable bonds is 6. The number of aromatic nitrogens is 6. The molecule has 0 unspecified atom stereocenters. The zero-order valence-electron chi connectivity index (χ0n) is 10.2. The largest absolute Gasteiger partial charge is 0.347 e. The third-order valence-electron chi connectivity index (χ3n) is 2.41. The van der Waals surface area contributed by atoms with Gasteiger partial charge in [-0.2, -0.15) is 0 Å². The molecule has 2 heterocycles. The zero-order valence-corrected chi connectivity index (χ0v) is 10.2. The first kappa shape index (κ1) is 12.2. The Morgan fingerprint density at radius 1 is 1.50 bits per heavy atom. The molecule has 0 atom stereocenters. The maximum absolute atomic E-state index is 11.6. The molecular formula is C10H15N7O. The second-order valence-corrected chi connectivity index (χ2v) is 3.82. The van der Waals surface area contributed by atoms with Crippen LogP contribution in [0.25, 0.3) is 0 Å². The van der Waals surface area contributed by atoms with E-state index in [1.807, 2.05) is 10.8 Å². The van der Waals surface area contributed by atoms with Gasteiger partial charge in [0.1, 0.15) is 18.7 Å². The van der Waals surface area contributed by atoms with Crippen LogP contribution in [0.5, 0.6) is 0 Å². The number of aryl methyl sites for hydroxylation is 1. The number of tetrazole rings is 1. The van der Waals surface area contributed by atoms with E-state index in [1.165, 1.54) is 11.0 Å². The molecule has 0 saturated heterocycles. The first-order chi connectivity index (χ1) is 8.79. The van der Waals surface area contributed by atoms with Crippen LogP contribution in [0.1, 0.15) is 19.2 Å². The van der Waals surface area contributed by atoms with Crippen molar-refractivity contribution in [2.24, 2.45) is 0 Å². The fraction of sp³-hybridized carbons (Fsp3) is 0.500. The highest BCUT2D eigenvalue weighted by Crippen LogP contribution is 1.98. The number of hydrogen-bond donors (Lipinski definition) is 1. The van der Waals surface area contributed by atoms with Crippen LogP contribution in [0.2, 0.25) is 0 Å².